The summed E-state index contributed by atoms with van der Waals surface area (Å²) in [6, 6.07) is 8.49. The number of amides is 1. The van der Waals surface area contributed by atoms with Crippen molar-refractivity contribution in [3.8, 4) is 5.75 Å². The highest BCUT2D eigenvalue weighted by Crippen LogP contribution is 2.41. The van der Waals surface area contributed by atoms with E-state index in [1.165, 1.54) is 0 Å². The van der Waals surface area contributed by atoms with Gasteiger partial charge >= 0.3 is 0 Å². The van der Waals surface area contributed by atoms with E-state index in [4.69, 9.17) is 4.74 Å². The topological polar surface area (TPSA) is 60.2 Å². The highest BCUT2D eigenvalue weighted by molar-refractivity contribution is 5.95. The number of benzene rings is 1. The molecule has 1 aromatic carbocycles. The van der Waals surface area contributed by atoms with E-state index in [9.17, 15) is 4.79 Å². The zero-order valence-corrected chi connectivity index (χ0v) is 15.3. The van der Waals surface area contributed by atoms with Gasteiger partial charge in [0.2, 0.25) is 0 Å². The molecule has 0 radical (unpaired) electrons. The number of fused-ring (bicyclic) bond motifs is 2. The van der Waals surface area contributed by atoms with Gasteiger partial charge in [0.1, 0.15) is 5.75 Å². The summed E-state index contributed by atoms with van der Waals surface area (Å²) in [7, 11) is 0. The Kier molecular flexibility index (Phi) is 4.91. The van der Waals surface area contributed by atoms with Crippen molar-refractivity contribution in [2.45, 2.75) is 63.6 Å². The van der Waals surface area contributed by atoms with Gasteiger partial charge in [-0.2, -0.15) is 15.0 Å². The number of hydrogen-bond acceptors (Lipinski definition) is 4. The number of ether oxygens (including phenoxy) is 1. The summed E-state index contributed by atoms with van der Waals surface area (Å²) in [6.07, 6.45) is 9.64. The van der Waals surface area contributed by atoms with E-state index in [0.717, 1.165) is 56.4 Å². The third-order valence-corrected chi connectivity index (χ3v) is 5.57. The van der Waals surface area contributed by atoms with Gasteiger partial charge in [0, 0.05) is 17.6 Å². The van der Waals surface area contributed by atoms with Crippen LogP contribution in [0.25, 0.3) is 0 Å². The first-order chi connectivity index (χ1) is 12.8. The van der Waals surface area contributed by atoms with Crippen molar-refractivity contribution in [3.05, 3.63) is 42.2 Å². The fourth-order valence-electron chi connectivity index (χ4n) is 4.26. The summed E-state index contributed by atoms with van der Waals surface area (Å²) >= 11 is 0. The van der Waals surface area contributed by atoms with Gasteiger partial charge in [-0.15, -0.1) is 0 Å². The van der Waals surface area contributed by atoms with Crippen LogP contribution in [0.2, 0.25) is 0 Å². The predicted octanol–water partition coefficient (Wildman–Crippen LogP) is 3.47. The number of unbranched alkanes of at least 4 members (excludes halogenated alkanes) is 1. The molecular weight excluding hydrogens is 328 g/mol. The van der Waals surface area contributed by atoms with Crippen LogP contribution >= 0.6 is 0 Å². The highest BCUT2D eigenvalue weighted by atomic mass is 16.5. The molecule has 4 rings (SSSR count). The van der Waals surface area contributed by atoms with Crippen molar-refractivity contribution in [1.29, 1.82) is 0 Å². The first-order valence-corrected chi connectivity index (χ1v) is 9.67. The van der Waals surface area contributed by atoms with Gasteiger partial charge < -0.3 is 9.64 Å². The number of carbonyl (C=O) groups is 1. The molecule has 138 valence electrons. The van der Waals surface area contributed by atoms with Crippen LogP contribution in [0.5, 0.6) is 5.75 Å². The molecule has 0 saturated carbocycles. The van der Waals surface area contributed by atoms with E-state index in [1.807, 2.05) is 29.1 Å². The lowest BCUT2D eigenvalue weighted by Crippen LogP contribution is -2.47. The summed E-state index contributed by atoms with van der Waals surface area (Å²) in [6.45, 7) is 2.87. The standard InChI is InChI=1S/C20H26N4O2/c1-2-3-12-26-19-8-4-15(5-9-19)20(25)23-16-6-7-17(23)14-18(13-16)24-21-10-11-22-24/h4-5,8-11,16-18H,2-3,6-7,12-14H2,1H3. The van der Waals surface area contributed by atoms with Crippen molar-refractivity contribution in [3.63, 3.8) is 0 Å². The Morgan fingerprint density at radius 2 is 1.73 bits per heavy atom. The second kappa shape index (κ2) is 7.48. The second-order valence-electron chi connectivity index (χ2n) is 7.30. The third kappa shape index (κ3) is 3.32. The molecule has 2 fully saturated rings. The van der Waals surface area contributed by atoms with Crippen LogP contribution in [0.4, 0.5) is 0 Å². The van der Waals surface area contributed by atoms with Crippen molar-refractivity contribution < 1.29 is 9.53 Å². The maximum Gasteiger partial charge on any atom is 0.254 e. The molecule has 1 amide bonds. The van der Waals surface area contributed by atoms with Crippen LogP contribution in [-0.2, 0) is 0 Å². The van der Waals surface area contributed by atoms with Crippen LogP contribution in [0.15, 0.2) is 36.7 Å². The first-order valence-electron chi connectivity index (χ1n) is 9.67. The van der Waals surface area contributed by atoms with Gasteiger partial charge in [-0.05, 0) is 56.4 Å². The Morgan fingerprint density at radius 1 is 1.08 bits per heavy atom. The normalized spacial score (nSPS) is 24.7. The fraction of sp³-hybridized carbons (Fsp3) is 0.550. The maximum atomic E-state index is 13.1. The Bertz CT molecular complexity index is 715. The number of hydrogen-bond donors (Lipinski definition) is 0. The van der Waals surface area contributed by atoms with Crippen LogP contribution < -0.4 is 4.74 Å². The highest BCUT2D eigenvalue weighted by Gasteiger charge is 2.44. The number of rotatable bonds is 6. The number of piperidine rings is 1. The Labute approximate surface area is 154 Å². The average molecular weight is 354 g/mol. The number of carbonyl (C=O) groups excluding carboxylic acids is 1. The molecule has 2 bridgehead atoms. The molecule has 2 aliphatic heterocycles. The summed E-state index contributed by atoms with van der Waals surface area (Å²) in [5, 5.41) is 8.59. The van der Waals surface area contributed by atoms with Crippen molar-refractivity contribution in [2.75, 3.05) is 6.61 Å². The fourth-order valence-corrected chi connectivity index (χ4v) is 4.26. The van der Waals surface area contributed by atoms with Crippen LogP contribution in [-0.4, -0.2) is 44.5 Å². The van der Waals surface area contributed by atoms with Crippen LogP contribution in [0, 0.1) is 0 Å². The lowest BCUT2D eigenvalue weighted by Gasteiger charge is -2.38. The minimum absolute atomic E-state index is 0.143. The van der Waals surface area contributed by atoms with Crippen LogP contribution in [0.1, 0.15) is 61.8 Å². The lowest BCUT2D eigenvalue weighted by atomic mass is 9.96. The van der Waals surface area contributed by atoms with Crippen molar-refractivity contribution >= 4 is 5.91 Å². The number of aromatic nitrogens is 3. The van der Waals surface area contributed by atoms with Crippen molar-refractivity contribution in [2.24, 2.45) is 0 Å². The molecule has 0 spiro atoms. The minimum Gasteiger partial charge on any atom is -0.494 e. The van der Waals surface area contributed by atoms with Gasteiger partial charge in [0.25, 0.3) is 5.91 Å². The van der Waals surface area contributed by atoms with E-state index in [1.54, 1.807) is 12.4 Å². The van der Waals surface area contributed by atoms with Gasteiger partial charge in [-0.1, -0.05) is 13.3 Å². The molecule has 2 saturated heterocycles. The van der Waals surface area contributed by atoms with Crippen molar-refractivity contribution in [1.82, 2.24) is 19.9 Å². The minimum atomic E-state index is 0.143. The zero-order valence-electron chi connectivity index (χ0n) is 15.3. The molecule has 2 atom stereocenters. The molecular formula is C20H26N4O2. The molecule has 3 heterocycles. The van der Waals surface area contributed by atoms with Gasteiger partial charge in [-0.3, -0.25) is 4.79 Å². The molecule has 2 unspecified atom stereocenters. The zero-order chi connectivity index (χ0) is 17.9. The summed E-state index contributed by atoms with van der Waals surface area (Å²) in [5.41, 5.74) is 0.750. The average Bonchev–Trinajstić information content (AvgIpc) is 3.29. The SMILES string of the molecule is CCCCOc1ccc(C(=O)N2C3CCC2CC(n2nccn2)C3)cc1. The quantitative estimate of drug-likeness (QED) is 0.745. The molecule has 0 N–H and O–H groups in total. The van der Waals surface area contributed by atoms with Gasteiger partial charge in [-0.25, -0.2) is 0 Å². The van der Waals surface area contributed by atoms with Gasteiger partial charge in [0.15, 0.2) is 0 Å². The molecule has 26 heavy (non-hydrogen) atoms. The second-order valence-corrected chi connectivity index (χ2v) is 7.30. The Hall–Kier alpha value is -2.37. The summed E-state index contributed by atoms with van der Waals surface area (Å²) in [4.78, 5) is 17.0. The Morgan fingerprint density at radius 3 is 2.35 bits per heavy atom. The van der Waals surface area contributed by atoms with E-state index in [0.29, 0.717) is 6.04 Å². The van der Waals surface area contributed by atoms with E-state index in [2.05, 4.69) is 22.0 Å². The number of nitrogens with zero attached hydrogens (tertiary/aromatic N) is 4. The first kappa shape index (κ1) is 17.1. The predicted molar refractivity (Wildman–Crippen MR) is 98.1 cm³/mol. The van der Waals surface area contributed by atoms with E-state index >= 15 is 0 Å². The molecule has 0 aliphatic carbocycles. The molecule has 1 aromatic heterocycles. The smallest absolute Gasteiger partial charge is 0.254 e. The molecule has 2 aliphatic rings. The molecule has 6 heteroatoms. The third-order valence-electron chi connectivity index (χ3n) is 5.57. The van der Waals surface area contributed by atoms with Crippen LogP contribution in [0.3, 0.4) is 0 Å². The monoisotopic (exact) mass is 354 g/mol. The van der Waals surface area contributed by atoms with E-state index < -0.39 is 0 Å². The molecule has 2 aromatic rings. The largest absolute Gasteiger partial charge is 0.494 e. The van der Waals surface area contributed by atoms with Gasteiger partial charge in [0.05, 0.1) is 25.0 Å². The molecule has 6 nitrogen and oxygen atoms in total. The Balaban J connectivity index is 1.42. The summed E-state index contributed by atoms with van der Waals surface area (Å²) < 4.78 is 5.70. The summed E-state index contributed by atoms with van der Waals surface area (Å²) in [5.74, 6) is 0.978. The lowest BCUT2D eigenvalue weighted by molar-refractivity contribution is 0.0512. The van der Waals surface area contributed by atoms with E-state index in [-0.39, 0.29) is 18.0 Å². The maximum absolute atomic E-state index is 13.1.